The molecule has 0 aliphatic rings. The highest BCUT2D eigenvalue weighted by Crippen LogP contribution is 2.26. The molecule has 5 aromatic rings. The second-order valence-corrected chi connectivity index (χ2v) is 7.43. The van der Waals surface area contributed by atoms with Crippen molar-refractivity contribution < 1.29 is 4.79 Å². The Labute approximate surface area is 191 Å². The fraction of sp³-hybridized carbons (Fsp3) is 0.0455. The van der Waals surface area contributed by atoms with Crippen LogP contribution < -0.4 is 5.32 Å². The maximum Gasteiger partial charge on any atom is 0.226 e. The van der Waals surface area contributed by atoms with Gasteiger partial charge in [-0.25, -0.2) is 4.98 Å². The topological polar surface area (TPSA) is 134 Å². The van der Waals surface area contributed by atoms with Gasteiger partial charge in [0, 0.05) is 21.5 Å². The van der Waals surface area contributed by atoms with Crippen molar-refractivity contribution in [3.63, 3.8) is 0 Å². The lowest BCUT2D eigenvalue weighted by Gasteiger charge is -2.08. The standard InChI is InChI=1S/C22H14ClN9O/c23-22-28-20(27-16-9-14-3-1-2-4-17(14)25-10-16)19-21(29-22)32(12-26-19)11-18(33)13-5-7-15(8-6-13)30-31-24/h1-10,12H,11H2,(H,27,28,29). The maximum atomic E-state index is 12.8. The molecule has 2 aromatic carbocycles. The predicted octanol–water partition coefficient (Wildman–Crippen LogP) is 5.60. The molecular formula is C22H14ClN9O. The van der Waals surface area contributed by atoms with Crippen LogP contribution in [0.3, 0.4) is 0 Å². The Kier molecular flexibility index (Phi) is 5.27. The van der Waals surface area contributed by atoms with E-state index >= 15 is 0 Å². The number of Topliss-reactive ketones (excluding diaryl/α,β-unsaturated/α-hetero) is 1. The van der Waals surface area contributed by atoms with Crippen LogP contribution in [0.1, 0.15) is 10.4 Å². The van der Waals surface area contributed by atoms with Crippen LogP contribution in [0.2, 0.25) is 5.28 Å². The molecule has 11 heteroatoms. The summed E-state index contributed by atoms with van der Waals surface area (Å²) in [5.41, 5.74) is 11.9. The number of aromatic nitrogens is 5. The van der Waals surface area contributed by atoms with Gasteiger partial charge in [-0.3, -0.25) is 9.78 Å². The Morgan fingerprint density at radius 1 is 1.12 bits per heavy atom. The fourth-order valence-electron chi connectivity index (χ4n) is 3.41. The van der Waals surface area contributed by atoms with E-state index in [0.29, 0.717) is 28.2 Å². The minimum atomic E-state index is -0.162. The summed E-state index contributed by atoms with van der Waals surface area (Å²) in [5.74, 6) is 0.247. The minimum absolute atomic E-state index is 0.00166. The van der Waals surface area contributed by atoms with Gasteiger partial charge in [0.1, 0.15) is 0 Å². The molecule has 33 heavy (non-hydrogen) atoms. The van der Waals surface area contributed by atoms with E-state index in [1.54, 1.807) is 35.0 Å². The Morgan fingerprint density at radius 3 is 2.76 bits per heavy atom. The van der Waals surface area contributed by atoms with E-state index in [4.69, 9.17) is 17.1 Å². The van der Waals surface area contributed by atoms with E-state index in [2.05, 4.69) is 35.3 Å². The highest BCUT2D eigenvalue weighted by molar-refractivity contribution is 6.28. The van der Waals surface area contributed by atoms with Crippen molar-refractivity contribution in [2.45, 2.75) is 6.54 Å². The molecule has 0 saturated carbocycles. The summed E-state index contributed by atoms with van der Waals surface area (Å²) in [6.07, 6.45) is 3.22. The maximum absolute atomic E-state index is 12.8. The first-order chi connectivity index (χ1) is 16.1. The van der Waals surface area contributed by atoms with Crippen molar-refractivity contribution in [3.05, 3.63) is 88.4 Å². The summed E-state index contributed by atoms with van der Waals surface area (Å²) >= 11 is 6.17. The lowest BCUT2D eigenvalue weighted by Crippen LogP contribution is -2.10. The number of hydrogen-bond donors (Lipinski definition) is 1. The molecule has 0 atom stereocenters. The van der Waals surface area contributed by atoms with E-state index in [1.165, 1.54) is 6.33 Å². The highest BCUT2D eigenvalue weighted by atomic mass is 35.5. The molecule has 0 fully saturated rings. The highest BCUT2D eigenvalue weighted by Gasteiger charge is 2.16. The molecule has 3 heterocycles. The smallest absolute Gasteiger partial charge is 0.226 e. The quantitative estimate of drug-likeness (QED) is 0.116. The number of benzene rings is 2. The normalized spacial score (nSPS) is 10.8. The number of pyridine rings is 1. The largest absolute Gasteiger partial charge is 0.337 e. The van der Waals surface area contributed by atoms with Gasteiger partial charge in [0.05, 0.1) is 30.3 Å². The second-order valence-electron chi connectivity index (χ2n) is 7.09. The van der Waals surface area contributed by atoms with Crippen LogP contribution >= 0.6 is 11.6 Å². The number of halogens is 1. The van der Waals surface area contributed by atoms with Gasteiger partial charge < -0.3 is 9.88 Å². The van der Waals surface area contributed by atoms with Gasteiger partial charge in [-0.15, -0.1) is 0 Å². The molecule has 0 saturated heterocycles. The van der Waals surface area contributed by atoms with Crippen LogP contribution in [0.25, 0.3) is 32.5 Å². The molecular weight excluding hydrogens is 442 g/mol. The summed E-state index contributed by atoms with van der Waals surface area (Å²) in [7, 11) is 0. The molecule has 0 unspecified atom stereocenters. The zero-order valence-corrected chi connectivity index (χ0v) is 17.7. The molecule has 160 valence electrons. The van der Waals surface area contributed by atoms with Gasteiger partial charge in [-0.1, -0.05) is 47.6 Å². The van der Waals surface area contributed by atoms with E-state index in [9.17, 15) is 4.79 Å². The zero-order valence-electron chi connectivity index (χ0n) is 16.9. The Hall–Kier alpha value is -4.53. The number of fused-ring (bicyclic) bond motifs is 2. The molecule has 0 radical (unpaired) electrons. The van der Waals surface area contributed by atoms with Crippen molar-refractivity contribution in [2.75, 3.05) is 5.32 Å². The molecule has 0 aliphatic heterocycles. The summed E-state index contributed by atoms with van der Waals surface area (Å²) in [5, 5.41) is 7.70. The molecule has 10 nitrogen and oxygen atoms in total. The van der Waals surface area contributed by atoms with Gasteiger partial charge >= 0.3 is 0 Å². The van der Waals surface area contributed by atoms with Crippen molar-refractivity contribution in [1.29, 1.82) is 0 Å². The van der Waals surface area contributed by atoms with Crippen molar-refractivity contribution in [2.24, 2.45) is 5.11 Å². The number of carbonyl (C=O) groups is 1. The molecule has 1 N–H and O–H groups in total. The number of anilines is 2. The van der Waals surface area contributed by atoms with Gasteiger partial charge in [-0.2, -0.15) is 9.97 Å². The fourth-order valence-corrected chi connectivity index (χ4v) is 3.57. The average Bonchev–Trinajstić information content (AvgIpc) is 3.22. The van der Waals surface area contributed by atoms with E-state index in [0.717, 1.165) is 16.6 Å². The van der Waals surface area contributed by atoms with E-state index in [1.807, 2.05) is 30.3 Å². The number of rotatable bonds is 6. The molecule has 0 spiro atoms. The first-order valence-corrected chi connectivity index (χ1v) is 10.2. The summed E-state index contributed by atoms with van der Waals surface area (Å²) < 4.78 is 1.61. The number of ketones is 1. The van der Waals surface area contributed by atoms with Gasteiger partial charge in [0.15, 0.2) is 22.8 Å². The van der Waals surface area contributed by atoms with E-state index in [-0.39, 0.29) is 17.6 Å². The van der Waals surface area contributed by atoms with E-state index < -0.39 is 0 Å². The lowest BCUT2D eigenvalue weighted by atomic mass is 10.1. The van der Waals surface area contributed by atoms with Gasteiger partial charge in [-0.05, 0) is 29.3 Å². The van der Waals surface area contributed by atoms with Crippen molar-refractivity contribution in [3.8, 4) is 0 Å². The third-order valence-electron chi connectivity index (χ3n) is 4.95. The molecule has 3 aromatic heterocycles. The number of imidazole rings is 1. The zero-order chi connectivity index (χ0) is 22.8. The Morgan fingerprint density at radius 2 is 1.94 bits per heavy atom. The number of azide groups is 1. The predicted molar refractivity (Wildman–Crippen MR) is 125 cm³/mol. The minimum Gasteiger partial charge on any atom is -0.337 e. The van der Waals surface area contributed by atoms with Crippen LogP contribution in [-0.4, -0.2) is 30.3 Å². The molecule has 0 bridgehead atoms. The van der Waals surface area contributed by atoms with Gasteiger partial charge in [0.25, 0.3) is 0 Å². The Bertz CT molecular complexity index is 1560. The third-order valence-corrected chi connectivity index (χ3v) is 5.12. The number of nitrogens with one attached hydrogen (secondary N) is 1. The summed E-state index contributed by atoms with van der Waals surface area (Å²) in [4.78, 5) is 32.9. The monoisotopic (exact) mass is 455 g/mol. The number of para-hydroxylation sites is 1. The second kappa shape index (κ2) is 8.54. The SMILES string of the molecule is [N-]=[N+]=Nc1ccc(C(=O)Cn2cnc3c(Nc4cnc5ccccc5c4)nc(Cl)nc32)cc1. The lowest BCUT2D eigenvalue weighted by molar-refractivity contribution is 0.0973. The molecule has 0 aliphatic carbocycles. The summed E-state index contributed by atoms with van der Waals surface area (Å²) in [6, 6.07) is 16.1. The first kappa shape index (κ1) is 20.4. The first-order valence-electron chi connectivity index (χ1n) is 9.79. The van der Waals surface area contributed by atoms with Crippen molar-refractivity contribution >= 4 is 56.6 Å². The molecule has 5 rings (SSSR count). The average molecular weight is 456 g/mol. The van der Waals surface area contributed by atoms with Crippen LogP contribution in [0.4, 0.5) is 17.2 Å². The van der Waals surface area contributed by atoms with Crippen LogP contribution in [0.15, 0.2) is 72.2 Å². The van der Waals surface area contributed by atoms with Crippen LogP contribution in [0, 0.1) is 0 Å². The van der Waals surface area contributed by atoms with Crippen molar-refractivity contribution in [1.82, 2.24) is 24.5 Å². The van der Waals surface area contributed by atoms with Gasteiger partial charge in [0.2, 0.25) is 5.28 Å². The van der Waals surface area contributed by atoms with Crippen LogP contribution in [-0.2, 0) is 6.54 Å². The number of hydrogen-bond acceptors (Lipinski definition) is 7. The Balaban J connectivity index is 1.44. The number of carbonyl (C=O) groups excluding carboxylic acids is 1. The third kappa shape index (κ3) is 4.16. The summed E-state index contributed by atoms with van der Waals surface area (Å²) in [6.45, 7) is 0.00166. The van der Waals surface area contributed by atoms with Crippen LogP contribution in [0.5, 0.6) is 0 Å². The molecule has 0 amide bonds. The number of nitrogens with zero attached hydrogens (tertiary/aromatic N) is 8.